The Morgan fingerprint density at radius 3 is 2.00 bits per heavy atom. The Labute approximate surface area is 343 Å². The minimum atomic E-state index is -0.902. The molecule has 13 heteroatoms. The number of likely N-dealkylation sites (tertiary alicyclic amines) is 1. The van der Waals surface area contributed by atoms with Gasteiger partial charge in [0.1, 0.15) is 12.1 Å². The molecule has 1 heterocycles. The minimum absolute atomic E-state index is 0.00620. The van der Waals surface area contributed by atoms with Gasteiger partial charge in [0, 0.05) is 34.2 Å². The normalized spacial score (nSPS) is 18.8. The lowest BCUT2D eigenvalue weighted by Gasteiger charge is -2.41. The molecule has 324 valence electrons. The number of likely N-dealkylation sites (N-methyl/N-ethyl adjacent to an activating group) is 2. The summed E-state index contributed by atoms with van der Waals surface area (Å²) in [6, 6.07) is 6.52. The van der Waals surface area contributed by atoms with Crippen molar-refractivity contribution in [3.05, 3.63) is 35.9 Å². The van der Waals surface area contributed by atoms with Crippen molar-refractivity contribution in [2.45, 2.75) is 150 Å². The van der Waals surface area contributed by atoms with Gasteiger partial charge in [-0.1, -0.05) is 92.1 Å². The maximum absolute atomic E-state index is 14.3. The van der Waals surface area contributed by atoms with Crippen molar-refractivity contribution in [3.63, 3.8) is 0 Å². The van der Waals surface area contributed by atoms with Crippen molar-refractivity contribution in [2.24, 2.45) is 23.7 Å². The van der Waals surface area contributed by atoms with Crippen LogP contribution in [0.15, 0.2) is 30.3 Å². The second-order valence-corrected chi connectivity index (χ2v) is 16.8. The lowest BCUT2D eigenvalue weighted by molar-refractivity contribution is -0.152. The highest BCUT2D eigenvalue weighted by molar-refractivity contribution is 5.90. The number of amides is 4. The Balaban J connectivity index is 2.31. The van der Waals surface area contributed by atoms with Crippen LogP contribution < -0.4 is 10.6 Å². The van der Waals surface area contributed by atoms with Gasteiger partial charge in [-0.3, -0.25) is 24.1 Å². The Kier molecular flexibility index (Phi) is 20.7. The highest BCUT2D eigenvalue weighted by atomic mass is 16.5. The number of carbonyl (C=O) groups is 5. The van der Waals surface area contributed by atoms with Gasteiger partial charge in [-0.25, -0.2) is 4.79 Å². The van der Waals surface area contributed by atoms with Crippen LogP contribution in [-0.2, 0) is 44.6 Å². The van der Waals surface area contributed by atoms with E-state index < -0.39 is 48.3 Å². The summed E-state index contributed by atoms with van der Waals surface area (Å²) in [5, 5.41) is 5.99. The van der Waals surface area contributed by atoms with E-state index in [2.05, 4.69) is 10.6 Å². The average molecular weight is 802 g/mol. The summed E-state index contributed by atoms with van der Waals surface area (Å²) in [5.74, 6) is -2.36. The molecule has 0 radical (unpaired) electrons. The van der Waals surface area contributed by atoms with Crippen molar-refractivity contribution in [3.8, 4) is 0 Å². The molecule has 9 atom stereocenters. The summed E-state index contributed by atoms with van der Waals surface area (Å²) in [6.45, 7) is 20.4. The molecule has 1 fully saturated rings. The number of methoxy groups -OCH3 is 2. The second kappa shape index (κ2) is 23.8. The van der Waals surface area contributed by atoms with Crippen LogP contribution in [0.5, 0.6) is 0 Å². The summed E-state index contributed by atoms with van der Waals surface area (Å²) in [6.07, 6.45) is 0.719. The molecule has 1 aromatic rings. The smallest absolute Gasteiger partial charge is 0.329 e. The molecule has 1 aliphatic rings. The number of carbonyl (C=O) groups excluding carboxylic acids is 5. The van der Waals surface area contributed by atoms with E-state index in [1.54, 1.807) is 44.7 Å². The van der Waals surface area contributed by atoms with Crippen molar-refractivity contribution >= 4 is 29.6 Å². The Bertz CT molecular complexity index is 1420. The van der Waals surface area contributed by atoms with E-state index in [1.807, 2.05) is 90.7 Å². The maximum atomic E-state index is 14.3. The largest absolute Gasteiger partial charge is 0.461 e. The lowest BCUT2D eigenvalue weighted by atomic mass is 9.89. The summed E-state index contributed by atoms with van der Waals surface area (Å²) < 4.78 is 17.5. The molecule has 4 amide bonds. The minimum Gasteiger partial charge on any atom is -0.461 e. The van der Waals surface area contributed by atoms with Crippen molar-refractivity contribution < 1.29 is 38.2 Å². The predicted molar refractivity (Wildman–Crippen MR) is 223 cm³/mol. The predicted octanol–water partition coefficient (Wildman–Crippen LogP) is 4.70. The number of esters is 1. The molecule has 13 nitrogen and oxygen atoms in total. The molecule has 1 saturated heterocycles. The Morgan fingerprint density at radius 1 is 0.860 bits per heavy atom. The topological polar surface area (TPSA) is 147 Å². The molecular formula is C44H75N5O8. The van der Waals surface area contributed by atoms with Gasteiger partial charge in [-0.2, -0.15) is 0 Å². The van der Waals surface area contributed by atoms with Crippen LogP contribution in [0, 0.1) is 23.7 Å². The molecule has 0 spiro atoms. The second-order valence-electron chi connectivity index (χ2n) is 16.8. The van der Waals surface area contributed by atoms with Crippen molar-refractivity contribution in [1.29, 1.82) is 0 Å². The summed E-state index contributed by atoms with van der Waals surface area (Å²) in [4.78, 5) is 74.6. The van der Waals surface area contributed by atoms with E-state index in [0.29, 0.717) is 19.5 Å². The highest BCUT2D eigenvalue weighted by Gasteiger charge is 2.43. The zero-order chi connectivity index (χ0) is 43.1. The van der Waals surface area contributed by atoms with E-state index in [1.165, 1.54) is 7.11 Å². The third-order valence-electron chi connectivity index (χ3n) is 11.6. The monoisotopic (exact) mass is 802 g/mol. The summed E-state index contributed by atoms with van der Waals surface area (Å²) in [5.41, 5.74) is 0.881. The van der Waals surface area contributed by atoms with Gasteiger partial charge in [-0.15, -0.1) is 0 Å². The Hall–Kier alpha value is -3.55. The van der Waals surface area contributed by atoms with Gasteiger partial charge in [0.15, 0.2) is 0 Å². The summed E-state index contributed by atoms with van der Waals surface area (Å²) >= 11 is 0. The number of hydrogen-bond acceptors (Lipinski definition) is 9. The first kappa shape index (κ1) is 49.6. The zero-order valence-corrected chi connectivity index (χ0v) is 37.4. The van der Waals surface area contributed by atoms with Crippen LogP contribution in [0.25, 0.3) is 0 Å². The molecule has 0 unspecified atom stereocenters. The van der Waals surface area contributed by atoms with E-state index in [9.17, 15) is 24.0 Å². The lowest BCUT2D eigenvalue weighted by Crippen LogP contribution is -2.60. The molecule has 2 N–H and O–H groups in total. The molecule has 57 heavy (non-hydrogen) atoms. The molecule has 0 bridgehead atoms. The summed E-state index contributed by atoms with van der Waals surface area (Å²) in [7, 11) is 6.74. The number of hydrogen-bond donors (Lipinski definition) is 2. The van der Waals surface area contributed by atoms with Crippen LogP contribution in [0.1, 0.15) is 100 Å². The van der Waals surface area contributed by atoms with Crippen LogP contribution in [0.2, 0.25) is 0 Å². The molecule has 0 aromatic heterocycles. The van der Waals surface area contributed by atoms with Crippen LogP contribution in [-0.4, -0.2) is 134 Å². The number of ether oxygens (including phenoxy) is 3. The van der Waals surface area contributed by atoms with Crippen LogP contribution >= 0.6 is 0 Å². The number of nitrogens with zero attached hydrogens (tertiary/aromatic N) is 3. The van der Waals surface area contributed by atoms with Gasteiger partial charge < -0.3 is 34.6 Å². The first-order valence-electron chi connectivity index (χ1n) is 21.0. The van der Waals surface area contributed by atoms with Crippen LogP contribution in [0.3, 0.4) is 0 Å². The number of nitrogens with one attached hydrogen (secondary N) is 2. The third kappa shape index (κ3) is 13.8. The van der Waals surface area contributed by atoms with Gasteiger partial charge in [0.2, 0.25) is 23.6 Å². The van der Waals surface area contributed by atoms with Crippen molar-refractivity contribution in [1.82, 2.24) is 25.3 Å². The molecular weight excluding hydrogens is 727 g/mol. The molecule has 0 aliphatic carbocycles. The maximum Gasteiger partial charge on any atom is 0.329 e. The van der Waals surface area contributed by atoms with Gasteiger partial charge >= 0.3 is 5.97 Å². The zero-order valence-electron chi connectivity index (χ0n) is 37.4. The number of rotatable bonds is 23. The van der Waals surface area contributed by atoms with E-state index in [0.717, 1.165) is 18.4 Å². The third-order valence-corrected chi connectivity index (χ3v) is 11.6. The first-order valence-corrected chi connectivity index (χ1v) is 21.0. The van der Waals surface area contributed by atoms with Crippen molar-refractivity contribution in [2.75, 3.05) is 41.4 Å². The van der Waals surface area contributed by atoms with Gasteiger partial charge in [0.25, 0.3) is 0 Å². The fraction of sp³-hybridized carbons (Fsp3) is 0.750. The molecule has 1 aliphatic heterocycles. The standard InChI is InChI=1S/C44H75N5O8/c1-15-30(9)39(48(12)43(53)37(27(3)4)46-42(52)38(28(5)6)47(11)16-2)35(55-13)26-36(50)49-24-20-23-34(49)40(56-14)31(10)41(51)45-33(44(54)57-29(7)8)25-32-21-18-17-19-22-32/h17-19,21-22,27-31,33-35,37-40H,15-16,20,23-26H2,1-14H3,(H,45,51)(H,46,52)/t30-,31+,33-,34-,35+,37-,38-,39-,40+/m0/s1. The van der Waals surface area contributed by atoms with Gasteiger partial charge in [0.05, 0.1) is 48.8 Å². The van der Waals surface area contributed by atoms with Crippen LogP contribution in [0.4, 0.5) is 0 Å². The quantitative estimate of drug-likeness (QED) is 0.150. The first-order chi connectivity index (χ1) is 26.8. The SMILES string of the molecule is CC[C@H](C)[C@@H]([C@@H](CC(=O)N1CCC[C@H]1[C@H](OC)[C@@H](C)C(=O)N[C@@H](Cc1ccccc1)C(=O)OC(C)C)OC)N(C)C(=O)[C@@H](NC(=O)[C@H](C(C)C)N(C)CC)C(C)C. The molecule has 0 saturated carbocycles. The van der Waals surface area contributed by atoms with E-state index in [-0.39, 0.29) is 66.4 Å². The average Bonchev–Trinajstić information content (AvgIpc) is 3.65. The molecule has 2 rings (SSSR count). The fourth-order valence-electron chi connectivity index (χ4n) is 8.15. The van der Waals surface area contributed by atoms with E-state index in [4.69, 9.17) is 14.2 Å². The van der Waals surface area contributed by atoms with E-state index >= 15 is 0 Å². The highest BCUT2D eigenvalue weighted by Crippen LogP contribution is 2.30. The van der Waals surface area contributed by atoms with Gasteiger partial charge in [-0.05, 0) is 63.6 Å². The number of benzene rings is 1. The Morgan fingerprint density at radius 2 is 1.49 bits per heavy atom. The fourth-order valence-corrected chi connectivity index (χ4v) is 8.15. The molecule has 1 aromatic carbocycles.